The summed E-state index contributed by atoms with van der Waals surface area (Å²) in [6, 6.07) is 0. The first-order chi connectivity index (χ1) is 6.17. The van der Waals surface area contributed by atoms with Gasteiger partial charge in [-0.3, -0.25) is 0 Å². The van der Waals surface area contributed by atoms with E-state index in [9.17, 15) is 0 Å². The molecular formula is C9H14N4. The average Bonchev–Trinajstić information content (AvgIpc) is 2.27. The van der Waals surface area contributed by atoms with Gasteiger partial charge in [0.2, 0.25) is 0 Å². The van der Waals surface area contributed by atoms with Crippen LogP contribution in [-0.2, 0) is 0 Å². The van der Waals surface area contributed by atoms with E-state index in [4.69, 9.17) is 5.73 Å². The minimum absolute atomic E-state index is 0.444. The Labute approximate surface area is 77.6 Å². The van der Waals surface area contributed by atoms with Gasteiger partial charge in [0.25, 0.3) is 0 Å². The van der Waals surface area contributed by atoms with E-state index < -0.39 is 5.54 Å². The van der Waals surface area contributed by atoms with Crippen LogP contribution in [0.25, 0.3) is 0 Å². The number of allylic oxidation sites excluding steroid dienone is 1. The summed E-state index contributed by atoms with van der Waals surface area (Å²) in [4.78, 5) is 4.29. The number of aliphatic imine (C=N–C) groups is 1. The van der Waals surface area contributed by atoms with Crippen molar-refractivity contribution in [2.45, 2.75) is 12.5 Å². The zero-order chi connectivity index (χ0) is 9.31. The van der Waals surface area contributed by atoms with Crippen molar-refractivity contribution in [1.82, 2.24) is 10.6 Å². The molecule has 13 heavy (non-hydrogen) atoms. The molecule has 0 aromatic carbocycles. The second kappa shape index (κ2) is 2.88. The molecule has 0 saturated carbocycles. The van der Waals surface area contributed by atoms with Gasteiger partial charge in [-0.05, 0) is 13.0 Å². The summed E-state index contributed by atoms with van der Waals surface area (Å²) in [5.41, 5.74) is 6.49. The topological polar surface area (TPSA) is 62.4 Å². The van der Waals surface area contributed by atoms with Crippen molar-refractivity contribution in [1.29, 1.82) is 0 Å². The third-order valence-electron chi connectivity index (χ3n) is 2.07. The molecule has 0 amide bonds. The van der Waals surface area contributed by atoms with Crippen LogP contribution in [0.3, 0.4) is 0 Å². The fourth-order valence-corrected chi connectivity index (χ4v) is 1.32. The van der Waals surface area contributed by atoms with Gasteiger partial charge in [-0.2, -0.15) is 0 Å². The van der Waals surface area contributed by atoms with Crippen molar-refractivity contribution >= 4 is 6.21 Å². The summed E-state index contributed by atoms with van der Waals surface area (Å²) in [6.07, 6.45) is 5.68. The number of rotatable bonds is 0. The number of hydrogen-bond donors (Lipinski definition) is 3. The van der Waals surface area contributed by atoms with Gasteiger partial charge < -0.3 is 16.4 Å². The Balaban J connectivity index is 2.32. The molecule has 0 aromatic heterocycles. The zero-order valence-electron chi connectivity index (χ0n) is 7.67. The van der Waals surface area contributed by atoms with Crippen molar-refractivity contribution in [3.63, 3.8) is 0 Å². The molecule has 1 unspecified atom stereocenters. The van der Waals surface area contributed by atoms with E-state index in [1.165, 1.54) is 0 Å². The van der Waals surface area contributed by atoms with Crippen LogP contribution in [0.4, 0.5) is 0 Å². The molecule has 0 bridgehead atoms. The molecule has 2 aliphatic heterocycles. The van der Waals surface area contributed by atoms with Gasteiger partial charge in [-0.25, -0.2) is 4.99 Å². The lowest BCUT2D eigenvalue weighted by molar-refractivity contribution is 0.658. The summed E-state index contributed by atoms with van der Waals surface area (Å²) in [7, 11) is 0. The van der Waals surface area contributed by atoms with Crippen molar-refractivity contribution in [3.8, 4) is 0 Å². The van der Waals surface area contributed by atoms with E-state index in [1.807, 2.05) is 19.1 Å². The monoisotopic (exact) mass is 178 g/mol. The maximum absolute atomic E-state index is 5.91. The van der Waals surface area contributed by atoms with Crippen LogP contribution in [0, 0.1) is 0 Å². The summed E-state index contributed by atoms with van der Waals surface area (Å²) < 4.78 is 0. The lowest BCUT2D eigenvalue weighted by Crippen LogP contribution is -2.35. The standard InChI is InChI=1S/C9H14N4/c1-9(10)3-2-7-8(13-6-9)12-5-4-11-7/h2-3,6,11-12H,4-5,10H2,1H3. The summed E-state index contributed by atoms with van der Waals surface area (Å²) in [5.74, 6) is 0.886. The summed E-state index contributed by atoms with van der Waals surface area (Å²) in [6.45, 7) is 3.76. The molecule has 1 atom stereocenters. The van der Waals surface area contributed by atoms with E-state index in [-0.39, 0.29) is 0 Å². The molecule has 2 aliphatic rings. The molecule has 0 spiro atoms. The highest BCUT2D eigenvalue weighted by Crippen LogP contribution is 2.12. The van der Waals surface area contributed by atoms with E-state index in [1.54, 1.807) is 6.21 Å². The largest absolute Gasteiger partial charge is 0.380 e. The van der Waals surface area contributed by atoms with E-state index >= 15 is 0 Å². The molecule has 0 aromatic rings. The Morgan fingerprint density at radius 3 is 3.08 bits per heavy atom. The Morgan fingerprint density at radius 1 is 1.46 bits per heavy atom. The number of nitrogens with two attached hydrogens (primary N) is 1. The molecule has 0 saturated heterocycles. The van der Waals surface area contributed by atoms with Crippen LogP contribution in [0.5, 0.6) is 0 Å². The minimum Gasteiger partial charge on any atom is -0.380 e. The third-order valence-corrected chi connectivity index (χ3v) is 2.07. The summed E-state index contributed by atoms with van der Waals surface area (Å²) >= 11 is 0. The van der Waals surface area contributed by atoms with Crippen LogP contribution in [0.2, 0.25) is 0 Å². The molecule has 4 heteroatoms. The van der Waals surface area contributed by atoms with Crippen LogP contribution in [0.15, 0.2) is 28.7 Å². The molecule has 2 rings (SSSR count). The van der Waals surface area contributed by atoms with E-state index in [0.717, 1.165) is 24.6 Å². The lowest BCUT2D eigenvalue weighted by Gasteiger charge is -2.17. The van der Waals surface area contributed by atoms with Gasteiger partial charge in [0, 0.05) is 19.3 Å². The van der Waals surface area contributed by atoms with E-state index in [0.29, 0.717) is 0 Å². The normalized spacial score (nSPS) is 31.8. The number of nitrogens with one attached hydrogen (secondary N) is 2. The van der Waals surface area contributed by atoms with Crippen molar-refractivity contribution in [3.05, 3.63) is 23.7 Å². The predicted octanol–water partition coefficient (Wildman–Crippen LogP) is -0.294. The molecule has 70 valence electrons. The van der Waals surface area contributed by atoms with Crippen molar-refractivity contribution < 1.29 is 0 Å². The lowest BCUT2D eigenvalue weighted by atomic mass is 10.1. The third kappa shape index (κ3) is 1.72. The molecule has 0 fully saturated rings. The molecule has 0 aliphatic carbocycles. The Morgan fingerprint density at radius 2 is 2.23 bits per heavy atom. The predicted molar refractivity (Wildman–Crippen MR) is 53.3 cm³/mol. The van der Waals surface area contributed by atoms with Crippen LogP contribution < -0.4 is 16.4 Å². The molecule has 2 heterocycles. The maximum Gasteiger partial charge on any atom is 0.149 e. The quantitative estimate of drug-likeness (QED) is 0.477. The first-order valence-electron chi connectivity index (χ1n) is 4.43. The van der Waals surface area contributed by atoms with Crippen LogP contribution in [0.1, 0.15) is 6.92 Å². The van der Waals surface area contributed by atoms with Gasteiger partial charge in [0.15, 0.2) is 0 Å². The average molecular weight is 178 g/mol. The fourth-order valence-electron chi connectivity index (χ4n) is 1.32. The molecular weight excluding hydrogens is 164 g/mol. The first-order valence-corrected chi connectivity index (χ1v) is 4.43. The number of hydrogen-bond acceptors (Lipinski definition) is 4. The Kier molecular flexibility index (Phi) is 1.84. The molecule has 4 N–H and O–H groups in total. The van der Waals surface area contributed by atoms with Gasteiger partial charge in [-0.1, -0.05) is 6.08 Å². The maximum atomic E-state index is 5.91. The van der Waals surface area contributed by atoms with Crippen LogP contribution >= 0.6 is 0 Å². The highest BCUT2D eigenvalue weighted by atomic mass is 15.1. The van der Waals surface area contributed by atoms with Gasteiger partial charge in [0.1, 0.15) is 5.82 Å². The van der Waals surface area contributed by atoms with Gasteiger partial charge >= 0.3 is 0 Å². The SMILES string of the molecule is CC1(N)C=CC2=C(N=C1)NCCN2. The van der Waals surface area contributed by atoms with Crippen molar-refractivity contribution in [2.75, 3.05) is 13.1 Å². The molecule has 4 nitrogen and oxygen atoms in total. The van der Waals surface area contributed by atoms with E-state index in [2.05, 4.69) is 15.6 Å². The molecule has 0 radical (unpaired) electrons. The van der Waals surface area contributed by atoms with Gasteiger partial charge in [0.05, 0.1) is 11.2 Å². The fraction of sp³-hybridized carbons (Fsp3) is 0.444. The summed E-state index contributed by atoms with van der Waals surface area (Å²) in [5, 5.41) is 6.47. The van der Waals surface area contributed by atoms with Crippen molar-refractivity contribution in [2.24, 2.45) is 10.7 Å². The second-order valence-electron chi connectivity index (χ2n) is 3.57. The second-order valence-corrected chi connectivity index (χ2v) is 3.57. The minimum atomic E-state index is -0.444. The first kappa shape index (κ1) is 8.31. The number of nitrogens with zero attached hydrogens (tertiary/aromatic N) is 1. The Hall–Kier alpha value is -1.29. The highest BCUT2D eigenvalue weighted by Gasteiger charge is 2.17. The smallest absolute Gasteiger partial charge is 0.149 e. The van der Waals surface area contributed by atoms with Crippen LogP contribution in [-0.4, -0.2) is 24.8 Å². The zero-order valence-corrected chi connectivity index (χ0v) is 7.67. The Bertz CT molecular complexity index is 271. The highest BCUT2D eigenvalue weighted by molar-refractivity contribution is 5.74. The van der Waals surface area contributed by atoms with Gasteiger partial charge in [-0.15, -0.1) is 0 Å².